The van der Waals surface area contributed by atoms with Crippen molar-refractivity contribution in [3.05, 3.63) is 55.6 Å². The minimum absolute atomic E-state index is 0.361. The number of nitrogens with zero attached hydrogens (tertiary/aromatic N) is 2. The Labute approximate surface area is 145 Å². The zero-order chi connectivity index (χ0) is 15.1. The molecule has 0 bridgehead atoms. The number of fused-ring (bicyclic) bond motifs is 1. The van der Waals surface area contributed by atoms with Crippen LogP contribution < -0.4 is 0 Å². The molecule has 0 N–H and O–H groups in total. The number of aryl methyl sites for hydroxylation is 1. The molecule has 0 amide bonds. The summed E-state index contributed by atoms with van der Waals surface area (Å²) in [4.78, 5) is 8.85. The minimum atomic E-state index is 0.361. The van der Waals surface area contributed by atoms with Gasteiger partial charge < -0.3 is 0 Å². The molecular weight excluding hydrogens is 394 g/mol. The molecular formula is C15H8BrCl3N2. The van der Waals surface area contributed by atoms with Gasteiger partial charge in [-0.2, -0.15) is 0 Å². The normalized spacial score (nSPS) is 11.1. The maximum Gasteiger partial charge on any atom is 0.163 e. The van der Waals surface area contributed by atoms with E-state index in [1.807, 2.05) is 31.2 Å². The van der Waals surface area contributed by atoms with Crippen LogP contribution in [0.25, 0.3) is 22.3 Å². The van der Waals surface area contributed by atoms with Gasteiger partial charge in [0.2, 0.25) is 0 Å². The number of benzene rings is 2. The first-order valence-corrected chi connectivity index (χ1v) is 7.97. The van der Waals surface area contributed by atoms with Crippen LogP contribution >= 0.6 is 50.7 Å². The average molecular weight is 403 g/mol. The third-order valence-corrected chi connectivity index (χ3v) is 4.41. The summed E-state index contributed by atoms with van der Waals surface area (Å²) in [5, 5.41) is 2.19. The standard InChI is InChI=1S/C15H8BrCl3N2/c1-7-4-10-13(12(18)5-7)20-15(21-14(10)19)9-3-2-8(16)6-11(9)17/h2-6H,1H3. The molecule has 0 radical (unpaired) electrons. The molecule has 0 aliphatic rings. The van der Waals surface area contributed by atoms with E-state index in [0.717, 1.165) is 15.4 Å². The molecule has 6 heteroatoms. The Hall–Kier alpha value is -0.870. The first-order valence-electron chi connectivity index (χ1n) is 6.04. The molecule has 0 atom stereocenters. The SMILES string of the molecule is Cc1cc(Cl)c2nc(-c3ccc(Br)cc3Cl)nc(Cl)c2c1. The second-order valence-corrected chi connectivity index (χ2v) is 6.69. The molecule has 0 saturated heterocycles. The van der Waals surface area contributed by atoms with E-state index in [-0.39, 0.29) is 0 Å². The Morgan fingerprint density at radius 2 is 1.71 bits per heavy atom. The molecule has 0 aliphatic heterocycles. The third kappa shape index (κ3) is 2.88. The van der Waals surface area contributed by atoms with Crippen molar-refractivity contribution in [1.82, 2.24) is 9.97 Å². The van der Waals surface area contributed by atoms with Crippen molar-refractivity contribution in [2.24, 2.45) is 0 Å². The van der Waals surface area contributed by atoms with Gasteiger partial charge in [-0.15, -0.1) is 0 Å². The molecule has 0 fully saturated rings. The van der Waals surface area contributed by atoms with Gasteiger partial charge in [0.1, 0.15) is 5.15 Å². The molecule has 1 heterocycles. The summed E-state index contributed by atoms with van der Waals surface area (Å²) in [5.41, 5.74) is 2.34. The van der Waals surface area contributed by atoms with E-state index < -0.39 is 0 Å². The van der Waals surface area contributed by atoms with Gasteiger partial charge in [-0.05, 0) is 42.8 Å². The van der Waals surface area contributed by atoms with Crippen LogP contribution in [0.3, 0.4) is 0 Å². The summed E-state index contributed by atoms with van der Waals surface area (Å²) in [6.07, 6.45) is 0. The Balaban J connectivity index is 2.30. The van der Waals surface area contributed by atoms with E-state index >= 15 is 0 Å². The first kappa shape index (κ1) is 15.0. The van der Waals surface area contributed by atoms with Crippen LogP contribution in [0.5, 0.6) is 0 Å². The smallest absolute Gasteiger partial charge is 0.163 e. The second-order valence-electron chi connectivity index (χ2n) is 4.61. The zero-order valence-electron chi connectivity index (χ0n) is 10.8. The van der Waals surface area contributed by atoms with Crippen LogP contribution in [0.1, 0.15) is 5.56 Å². The Kier molecular flexibility index (Phi) is 4.10. The fourth-order valence-electron chi connectivity index (χ4n) is 2.08. The van der Waals surface area contributed by atoms with Crippen LogP contribution in [0.2, 0.25) is 15.2 Å². The molecule has 2 nitrogen and oxygen atoms in total. The summed E-state index contributed by atoms with van der Waals surface area (Å²) in [6.45, 7) is 1.95. The van der Waals surface area contributed by atoms with Crippen LogP contribution in [-0.4, -0.2) is 9.97 Å². The first-order chi connectivity index (χ1) is 9.95. The quantitative estimate of drug-likeness (QED) is 0.445. The van der Waals surface area contributed by atoms with E-state index in [4.69, 9.17) is 34.8 Å². The molecule has 21 heavy (non-hydrogen) atoms. The lowest BCUT2D eigenvalue weighted by atomic mass is 10.1. The van der Waals surface area contributed by atoms with Crippen molar-refractivity contribution in [3.8, 4) is 11.4 Å². The average Bonchev–Trinajstić information content (AvgIpc) is 2.40. The topological polar surface area (TPSA) is 25.8 Å². The molecule has 106 valence electrons. The Morgan fingerprint density at radius 3 is 2.43 bits per heavy atom. The molecule has 2 aromatic carbocycles. The van der Waals surface area contributed by atoms with E-state index in [1.54, 1.807) is 6.07 Å². The highest BCUT2D eigenvalue weighted by molar-refractivity contribution is 9.10. The summed E-state index contributed by atoms with van der Waals surface area (Å²) >= 11 is 22.2. The highest BCUT2D eigenvalue weighted by atomic mass is 79.9. The summed E-state index contributed by atoms with van der Waals surface area (Å²) in [6, 6.07) is 9.26. The molecule has 0 saturated carbocycles. The van der Waals surface area contributed by atoms with Crippen molar-refractivity contribution in [3.63, 3.8) is 0 Å². The van der Waals surface area contributed by atoms with E-state index in [1.165, 1.54) is 0 Å². The van der Waals surface area contributed by atoms with Crippen molar-refractivity contribution in [1.29, 1.82) is 0 Å². The molecule has 0 aliphatic carbocycles. The van der Waals surface area contributed by atoms with Gasteiger partial charge in [0.15, 0.2) is 5.82 Å². The van der Waals surface area contributed by atoms with Crippen molar-refractivity contribution in [2.75, 3.05) is 0 Å². The number of hydrogen-bond acceptors (Lipinski definition) is 2. The van der Waals surface area contributed by atoms with Crippen molar-refractivity contribution < 1.29 is 0 Å². The molecule has 0 unspecified atom stereocenters. The molecule has 1 aromatic heterocycles. The lowest BCUT2D eigenvalue weighted by Gasteiger charge is -2.08. The van der Waals surface area contributed by atoms with E-state index in [2.05, 4.69) is 25.9 Å². The van der Waals surface area contributed by atoms with Gasteiger partial charge in [-0.25, -0.2) is 9.97 Å². The number of rotatable bonds is 1. The summed E-state index contributed by atoms with van der Waals surface area (Å²) < 4.78 is 0.886. The van der Waals surface area contributed by atoms with Crippen LogP contribution in [0, 0.1) is 6.92 Å². The summed E-state index contributed by atoms with van der Waals surface area (Å²) in [5.74, 6) is 0.454. The maximum atomic E-state index is 6.28. The molecule has 3 aromatic rings. The lowest BCUT2D eigenvalue weighted by molar-refractivity contribution is 1.22. The zero-order valence-corrected chi connectivity index (χ0v) is 14.6. The van der Waals surface area contributed by atoms with Gasteiger partial charge in [0.05, 0.1) is 15.6 Å². The largest absolute Gasteiger partial charge is 0.226 e. The summed E-state index contributed by atoms with van der Waals surface area (Å²) in [7, 11) is 0. The number of halogens is 4. The fourth-order valence-corrected chi connectivity index (χ4v) is 3.38. The van der Waals surface area contributed by atoms with Crippen molar-refractivity contribution in [2.45, 2.75) is 6.92 Å². The van der Waals surface area contributed by atoms with Gasteiger partial charge in [-0.1, -0.05) is 50.7 Å². The highest BCUT2D eigenvalue weighted by Gasteiger charge is 2.13. The minimum Gasteiger partial charge on any atom is -0.226 e. The number of hydrogen-bond donors (Lipinski definition) is 0. The van der Waals surface area contributed by atoms with Crippen LogP contribution in [-0.2, 0) is 0 Å². The van der Waals surface area contributed by atoms with Gasteiger partial charge >= 0.3 is 0 Å². The van der Waals surface area contributed by atoms with E-state index in [0.29, 0.717) is 32.1 Å². The van der Waals surface area contributed by atoms with Crippen LogP contribution in [0.4, 0.5) is 0 Å². The number of aromatic nitrogens is 2. The van der Waals surface area contributed by atoms with Gasteiger partial charge in [0.25, 0.3) is 0 Å². The fraction of sp³-hybridized carbons (Fsp3) is 0.0667. The van der Waals surface area contributed by atoms with E-state index in [9.17, 15) is 0 Å². The predicted molar refractivity (Wildman–Crippen MR) is 92.4 cm³/mol. The maximum absolute atomic E-state index is 6.28. The second kappa shape index (κ2) is 5.73. The van der Waals surface area contributed by atoms with Gasteiger partial charge in [0, 0.05) is 15.4 Å². The lowest BCUT2D eigenvalue weighted by Crippen LogP contribution is -1.94. The van der Waals surface area contributed by atoms with Crippen LogP contribution in [0.15, 0.2) is 34.8 Å². The molecule has 3 rings (SSSR count). The predicted octanol–water partition coefficient (Wildman–Crippen LogP) is 6.33. The Morgan fingerprint density at radius 1 is 0.952 bits per heavy atom. The Bertz CT molecular complexity index is 865. The monoisotopic (exact) mass is 400 g/mol. The van der Waals surface area contributed by atoms with Gasteiger partial charge in [-0.3, -0.25) is 0 Å². The highest BCUT2D eigenvalue weighted by Crippen LogP contribution is 2.33. The van der Waals surface area contributed by atoms with Crippen molar-refractivity contribution >= 4 is 61.6 Å². The molecule has 0 spiro atoms. The third-order valence-electron chi connectivity index (χ3n) is 3.02.